The minimum atomic E-state index is -4.63. The molecule has 1 heterocycles. The van der Waals surface area contributed by atoms with E-state index in [1.54, 1.807) is 13.8 Å². The highest BCUT2D eigenvalue weighted by Gasteiger charge is 2.33. The molecule has 0 saturated heterocycles. The molecule has 2 aromatic carbocycles. The van der Waals surface area contributed by atoms with Crippen molar-refractivity contribution in [1.82, 2.24) is 0 Å². The monoisotopic (exact) mass is 373 g/mol. The molecular formula is C16H14F3NO4S. The first-order chi connectivity index (χ1) is 11.5. The summed E-state index contributed by atoms with van der Waals surface area (Å²) in [6, 6.07) is 7.89. The van der Waals surface area contributed by atoms with E-state index in [0.29, 0.717) is 17.6 Å². The van der Waals surface area contributed by atoms with E-state index in [0.717, 1.165) is 18.2 Å². The van der Waals surface area contributed by atoms with Crippen LogP contribution in [-0.2, 0) is 16.2 Å². The summed E-state index contributed by atoms with van der Waals surface area (Å²) in [7, 11) is -4.19. The number of ether oxygens (including phenoxy) is 2. The standard InChI is InChI=1S/C16H14F3NO4S/c1-15(2)23-13-7-6-11(9-14(13)24-15)20-25(21,22)12-5-3-4-10(8-12)16(17,18)19/h3-9,20H,1-2H3. The lowest BCUT2D eigenvalue weighted by Gasteiger charge is -2.16. The quantitative estimate of drug-likeness (QED) is 0.883. The Bertz CT molecular complexity index is 923. The third kappa shape index (κ3) is 3.65. The van der Waals surface area contributed by atoms with Gasteiger partial charge in [-0.1, -0.05) is 6.07 Å². The van der Waals surface area contributed by atoms with E-state index >= 15 is 0 Å². The third-order valence-corrected chi connectivity index (χ3v) is 4.76. The normalized spacial score (nSPS) is 15.9. The maximum absolute atomic E-state index is 12.8. The molecule has 25 heavy (non-hydrogen) atoms. The minimum absolute atomic E-state index is 0.150. The van der Waals surface area contributed by atoms with E-state index in [4.69, 9.17) is 9.47 Å². The summed E-state index contributed by atoms with van der Waals surface area (Å²) in [5.74, 6) is -0.0813. The molecule has 0 aliphatic carbocycles. The van der Waals surface area contributed by atoms with Crippen LogP contribution in [0.2, 0.25) is 0 Å². The molecule has 5 nitrogen and oxygen atoms in total. The van der Waals surface area contributed by atoms with Crippen molar-refractivity contribution in [2.24, 2.45) is 0 Å². The summed E-state index contributed by atoms with van der Waals surface area (Å²) < 4.78 is 76.2. The maximum Gasteiger partial charge on any atom is 0.416 e. The Labute approximate surface area is 142 Å². The molecule has 0 saturated carbocycles. The fourth-order valence-electron chi connectivity index (χ4n) is 2.34. The lowest BCUT2D eigenvalue weighted by molar-refractivity contribution is -0.137. The predicted molar refractivity (Wildman–Crippen MR) is 84.0 cm³/mol. The molecule has 0 fully saturated rings. The Morgan fingerprint density at radius 1 is 1.00 bits per heavy atom. The Morgan fingerprint density at radius 2 is 1.68 bits per heavy atom. The Morgan fingerprint density at radius 3 is 2.36 bits per heavy atom. The Balaban J connectivity index is 1.89. The van der Waals surface area contributed by atoms with Crippen molar-refractivity contribution in [2.45, 2.75) is 30.7 Å². The number of hydrogen-bond donors (Lipinski definition) is 1. The van der Waals surface area contributed by atoms with Crippen molar-refractivity contribution < 1.29 is 31.1 Å². The number of rotatable bonds is 3. The van der Waals surface area contributed by atoms with E-state index in [1.165, 1.54) is 18.2 Å². The Hall–Kier alpha value is -2.42. The second-order valence-electron chi connectivity index (χ2n) is 5.90. The number of anilines is 1. The van der Waals surface area contributed by atoms with E-state index in [9.17, 15) is 21.6 Å². The summed E-state index contributed by atoms with van der Waals surface area (Å²) in [5.41, 5.74) is -0.889. The van der Waals surface area contributed by atoms with Crippen LogP contribution < -0.4 is 14.2 Å². The van der Waals surface area contributed by atoms with E-state index in [2.05, 4.69) is 4.72 Å². The number of alkyl halides is 3. The molecule has 3 rings (SSSR count). The molecule has 0 atom stereocenters. The van der Waals surface area contributed by atoms with Crippen molar-refractivity contribution >= 4 is 15.7 Å². The molecule has 0 aromatic heterocycles. The summed E-state index contributed by atoms with van der Waals surface area (Å²) >= 11 is 0. The average Bonchev–Trinajstić information content (AvgIpc) is 2.79. The van der Waals surface area contributed by atoms with Gasteiger partial charge in [-0.15, -0.1) is 0 Å². The molecule has 134 valence electrons. The smallest absolute Gasteiger partial charge is 0.416 e. The number of hydrogen-bond acceptors (Lipinski definition) is 4. The first-order valence-electron chi connectivity index (χ1n) is 7.18. The Kier molecular flexibility index (Phi) is 3.86. The lowest BCUT2D eigenvalue weighted by Crippen LogP contribution is -2.29. The van der Waals surface area contributed by atoms with E-state index in [-0.39, 0.29) is 5.69 Å². The van der Waals surface area contributed by atoms with E-state index < -0.39 is 32.4 Å². The van der Waals surface area contributed by atoms with Crippen molar-refractivity contribution in [1.29, 1.82) is 0 Å². The molecule has 9 heteroatoms. The van der Waals surface area contributed by atoms with Gasteiger partial charge in [0.15, 0.2) is 11.5 Å². The SMILES string of the molecule is CC1(C)Oc2ccc(NS(=O)(=O)c3cccc(C(F)(F)F)c3)cc2O1. The zero-order valence-corrected chi connectivity index (χ0v) is 14.0. The van der Waals surface area contributed by atoms with Crippen LogP contribution in [0.4, 0.5) is 18.9 Å². The highest BCUT2D eigenvalue weighted by Crippen LogP contribution is 2.41. The largest absolute Gasteiger partial charge is 0.449 e. The minimum Gasteiger partial charge on any atom is -0.449 e. The molecule has 1 aliphatic rings. The molecule has 1 aliphatic heterocycles. The first-order valence-corrected chi connectivity index (χ1v) is 8.67. The molecule has 1 N–H and O–H groups in total. The van der Waals surface area contributed by atoms with Crippen LogP contribution in [0.3, 0.4) is 0 Å². The second-order valence-corrected chi connectivity index (χ2v) is 7.58. The zero-order chi connectivity index (χ0) is 18.5. The van der Waals surface area contributed by atoms with Gasteiger partial charge in [0.2, 0.25) is 5.79 Å². The molecule has 0 amide bonds. The third-order valence-electron chi connectivity index (χ3n) is 3.38. The molecule has 0 spiro atoms. The number of sulfonamides is 1. The van der Waals surface area contributed by atoms with Gasteiger partial charge in [0.05, 0.1) is 16.1 Å². The summed E-state index contributed by atoms with van der Waals surface area (Å²) in [6.07, 6.45) is -4.63. The number of nitrogens with one attached hydrogen (secondary N) is 1. The van der Waals surface area contributed by atoms with Gasteiger partial charge < -0.3 is 9.47 Å². The fourth-order valence-corrected chi connectivity index (χ4v) is 3.43. The molecular weight excluding hydrogens is 359 g/mol. The number of fused-ring (bicyclic) bond motifs is 1. The topological polar surface area (TPSA) is 64.6 Å². The van der Waals surface area contributed by atoms with Crippen molar-refractivity contribution in [2.75, 3.05) is 4.72 Å². The van der Waals surface area contributed by atoms with Crippen LogP contribution in [0.5, 0.6) is 11.5 Å². The van der Waals surface area contributed by atoms with Crippen LogP contribution in [0, 0.1) is 0 Å². The second kappa shape index (κ2) is 5.55. The van der Waals surface area contributed by atoms with Crippen molar-refractivity contribution in [3.63, 3.8) is 0 Å². The van der Waals surface area contributed by atoms with E-state index in [1.807, 2.05) is 0 Å². The highest BCUT2D eigenvalue weighted by molar-refractivity contribution is 7.92. The number of benzene rings is 2. The van der Waals surface area contributed by atoms with Crippen molar-refractivity contribution in [3.05, 3.63) is 48.0 Å². The van der Waals surface area contributed by atoms with Gasteiger partial charge in [0.25, 0.3) is 10.0 Å². The summed E-state index contributed by atoms with van der Waals surface area (Å²) in [6.45, 7) is 3.39. The summed E-state index contributed by atoms with van der Waals surface area (Å²) in [5, 5.41) is 0. The van der Waals surface area contributed by atoms with Crippen molar-refractivity contribution in [3.8, 4) is 11.5 Å². The van der Waals surface area contributed by atoms with Gasteiger partial charge >= 0.3 is 6.18 Å². The zero-order valence-electron chi connectivity index (χ0n) is 13.2. The van der Waals surface area contributed by atoms with Gasteiger partial charge in [-0.3, -0.25) is 4.72 Å². The van der Waals surface area contributed by atoms with Crippen LogP contribution in [0.15, 0.2) is 47.4 Å². The number of halogens is 3. The van der Waals surface area contributed by atoms with Gasteiger partial charge in [0, 0.05) is 19.9 Å². The molecule has 0 unspecified atom stereocenters. The molecule has 2 aromatic rings. The summed E-state index contributed by atoms with van der Waals surface area (Å²) in [4.78, 5) is -0.486. The van der Waals surface area contributed by atoms with Crippen LogP contribution >= 0.6 is 0 Å². The lowest BCUT2D eigenvalue weighted by atomic mass is 10.2. The predicted octanol–water partition coefficient (Wildman–Crippen LogP) is 4.01. The maximum atomic E-state index is 12.8. The fraction of sp³-hybridized carbons (Fsp3) is 0.250. The first kappa shape index (κ1) is 17.4. The van der Waals surface area contributed by atoms with Gasteiger partial charge in [-0.2, -0.15) is 13.2 Å². The molecule has 0 radical (unpaired) electrons. The highest BCUT2D eigenvalue weighted by atomic mass is 32.2. The van der Waals surface area contributed by atoms with Crippen LogP contribution in [0.1, 0.15) is 19.4 Å². The average molecular weight is 373 g/mol. The van der Waals surface area contributed by atoms with Gasteiger partial charge in [0.1, 0.15) is 0 Å². The van der Waals surface area contributed by atoms with Crippen LogP contribution in [0.25, 0.3) is 0 Å². The van der Waals surface area contributed by atoms with Gasteiger partial charge in [-0.05, 0) is 30.3 Å². The van der Waals surface area contributed by atoms with Gasteiger partial charge in [-0.25, -0.2) is 8.42 Å². The van der Waals surface area contributed by atoms with Crippen LogP contribution in [-0.4, -0.2) is 14.2 Å². The molecule has 0 bridgehead atoms.